The Morgan fingerprint density at radius 3 is 1.36 bits per heavy atom. The fourth-order valence-corrected chi connectivity index (χ4v) is 8.78. The van der Waals surface area contributed by atoms with Crippen molar-refractivity contribution in [2.45, 2.75) is 0 Å². The van der Waals surface area contributed by atoms with Crippen LogP contribution in [0.4, 0.5) is 0 Å². The average Bonchev–Trinajstić information content (AvgIpc) is 3.87. The Kier molecular flexibility index (Phi) is 7.13. The molecule has 0 N–H and O–H groups in total. The molecule has 58 heavy (non-hydrogen) atoms. The van der Waals surface area contributed by atoms with Gasteiger partial charge in [-0.05, 0) is 66.0 Å². The van der Waals surface area contributed by atoms with Crippen LogP contribution in [-0.4, -0.2) is 28.9 Å². The summed E-state index contributed by atoms with van der Waals surface area (Å²) in [6, 6.07) is 64.0. The maximum Gasteiger partial charge on any atom is 0.235 e. The number of aromatic nitrogens is 6. The summed E-state index contributed by atoms with van der Waals surface area (Å²) >= 11 is 0. The average molecular weight is 741 g/mol. The third-order valence-electron chi connectivity index (χ3n) is 11.5. The van der Waals surface area contributed by atoms with E-state index in [9.17, 15) is 0 Å². The first-order valence-electron chi connectivity index (χ1n) is 19.5. The Labute approximate surface area is 333 Å². The standard InChI is InChI=1S/C52H32N6/c1-2-13-39-37(11-1)38-12-3-5-17-46(38)57-48-27-28-49-51(41(48)31-50(39)57)40-14-4-6-18-47(40)58(49)52-55-44(35-23-19-33(20-24-35)42-15-7-9-29-53-42)32-45(56-52)36-25-21-34(22-26-36)43-16-8-10-30-54-43/h1-32H. The predicted molar refractivity (Wildman–Crippen MR) is 237 cm³/mol. The Hall–Kier alpha value is -7.96. The summed E-state index contributed by atoms with van der Waals surface area (Å²) in [5, 5.41) is 7.26. The molecule has 0 aliphatic heterocycles. The Morgan fingerprint density at radius 1 is 0.310 bits per heavy atom. The van der Waals surface area contributed by atoms with E-state index < -0.39 is 0 Å². The van der Waals surface area contributed by atoms with Gasteiger partial charge in [-0.1, -0.05) is 121 Å². The fourth-order valence-electron chi connectivity index (χ4n) is 8.78. The first-order valence-corrected chi connectivity index (χ1v) is 19.5. The quantitative estimate of drug-likeness (QED) is 0.165. The highest BCUT2D eigenvalue weighted by Gasteiger charge is 2.21. The molecule has 0 saturated heterocycles. The van der Waals surface area contributed by atoms with Gasteiger partial charge < -0.3 is 4.40 Å². The molecule has 12 rings (SSSR count). The first kappa shape index (κ1) is 32.3. The van der Waals surface area contributed by atoms with Gasteiger partial charge in [-0.2, -0.15) is 0 Å². The topological polar surface area (TPSA) is 60.9 Å². The van der Waals surface area contributed by atoms with Crippen LogP contribution in [0.1, 0.15) is 0 Å². The number of hydrogen-bond donors (Lipinski definition) is 0. The van der Waals surface area contributed by atoms with Crippen molar-refractivity contribution >= 4 is 59.9 Å². The van der Waals surface area contributed by atoms with E-state index in [4.69, 9.17) is 9.97 Å². The van der Waals surface area contributed by atoms with Crippen LogP contribution in [-0.2, 0) is 0 Å². The SMILES string of the molecule is c1ccc(-c2ccc(-c3cc(-c4ccc(-c5ccccn5)cc4)nc(-n4c5ccccc5c5c6cc7c8ccccc8c8ccccc8n7c6ccc54)n3)cc2)nc1. The highest BCUT2D eigenvalue weighted by molar-refractivity contribution is 6.24. The molecule has 6 heterocycles. The zero-order valence-electron chi connectivity index (χ0n) is 31.2. The third-order valence-corrected chi connectivity index (χ3v) is 11.5. The molecular formula is C52H32N6. The normalized spacial score (nSPS) is 11.8. The van der Waals surface area contributed by atoms with Gasteiger partial charge >= 0.3 is 0 Å². The second-order valence-corrected chi connectivity index (χ2v) is 14.7. The molecule has 0 amide bonds. The lowest BCUT2D eigenvalue weighted by Gasteiger charge is -2.12. The van der Waals surface area contributed by atoms with Crippen molar-refractivity contribution in [3.8, 4) is 51.0 Å². The monoisotopic (exact) mass is 740 g/mol. The van der Waals surface area contributed by atoms with Crippen molar-refractivity contribution in [3.05, 3.63) is 194 Å². The number of hydrogen-bond acceptors (Lipinski definition) is 4. The molecule has 6 aromatic carbocycles. The van der Waals surface area contributed by atoms with Crippen LogP contribution in [0.5, 0.6) is 0 Å². The smallest absolute Gasteiger partial charge is 0.235 e. The van der Waals surface area contributed by atoms with Crippen LogP contribution >= 0.6 is 0 Å². The molecular weight excluding hydrogens is 709 g/mol. The third kappa shape index (κ3) is 4.98. The van der Waals surface area contributed by atoms with Crippen LogP contribution in [0.25, 0.3) is 111 Å². The highest BCUT2D eigenvalue weighted by atomic mass is 15.2. The van der Waals surface area contributed by atoms with Gasteiger partial charge in [-0.25, -0.2) is 9.97 Å². The first-order chi connectivity index (χ1) is 28.8. The molecule has 0 atom stereocenters. The van der Waals surface area contributed by atoms with Crippen molar-refractivity contribution in [3.63, 3.8) is 0 Å². The zero-order chi connectivity index (χ0) is 38.2. The molecule has 6 heteroatoms. The second kappa shape index (κ2) is 12.8. The number of para-hydroxylation sites is 2. The van der Waals surface area contributed by atoms with E-state index in [-0.39, 0.29) is 0 Å². The summed E-state index contributed by atoms with van der Waals surface area (Å²) in [6.07, 6.45) is 3.65. The van der Waals surface area contributed by atoms with Crippen LogP contribution in [0.2, 0.25) is 0 Å². The van der Waals surface area contributed by atoms with Gasteiger partial charge in [0.2, 0.25) is 5.95 Å². The molecule has 0 unspecified atom stereocenters. The summed E-state index contributed by atoms with van der Waals surface area (Å²) in [6.45, 7) is 0. The van der Waals surface area contributed by atoms with Gasteiger partial charge in [0.15, 0.2) is 0 Å². The molecule has 6 aromatic heterocycles. The Balaban J connectivity index is 1.11. The number of nitrogens with zero attached hydrogens (tertiary/aromatic N) is 6. The molecule has 270 valence electrons. The van der Waals surface area contributed by atoms with Gasteiger partial charge in [-0.15, -0.1) is 0 Å². The van der Waals surface area contributed by atoms with E-state index in [1.807, 2.05) is 48.8 Å². The number of pyridine rings is 3. The van der Waals surface area contributed by atoms with Gasteiger partial charge in [0.05, 0.1) is 50.4 Å². The number of benzene rings is 6. The molecule has 0 saturated carbocycles. The summed E-state index contributed by atoms with van der Waals surface area (Å²) < 4.78 is 4.66. The van der Waals surface area contributed by atoms with Crippen LogP contribution in [0.3, 0.4) is 0 Å². The molecule has 6 nitrogen and oxygen atoms in total. The van der Waals surface area contributed by atoms with Crippen molar-refractivity contribution < 1.29 is 0 Å². The second-order valence-electron chi connectivity index (χ2n) is 14.7. The lowest BCUT2D eigenvalue weighted by Crippen LogP contribution is -2.04. The molecule has 0 aliphatic carbocycles. The van der Waals surface area contributed by atoms with E-state index in [1.165, 1.54) is 43.5 Å². The van der Waals surface area contributed by atoms with E-state index in [2.05, 4.69) is 165 Å². The number of fused-ring (bicyclic) bond motifs is 12. The maximum absolute atomic E-state index is 5.37. The van der Waals surface area contributed by atoms with Crippen molar-refractivity contribution in [2.75, 3.05) is 0 Å². The fraction of sp³-hybridized carbons (Fsp3) is 0. The van der Waals surface area contributed by atoms with Crippen LogP contribution in [0.15, 0.2) is 194 Å². The molecule has 0 radical (unpaired) electrons. The molecule has 0 spiro atoms. The van der Waals surface area contributed by atoms with Gasteiger partial charge in [0.25, 0.3) is 0 Å². The molecule has 0 bridgehead atoms. The largest absolute Gasteiger partial charge is 0.309 e. The van der Waals surface area contributed by atoms with E-state index in [0.29, 0.717) is 5.95 Å². The van der Waals surface area contributed by atoms with Gasteiger partial charge in [0, 0.05) is 61.6 Å². The maximum atomic E-state index is 5.37. The summed E-state index contributed by atoms with van der Waals surface area (Å²) in [7, 11) is 0. The Morgan fingerprint density at radius 2 is 0.776 bits per heavy atom. The lowest BCUT2D eigenvalue weighted by molar-refractivity contribution is 0.996. The highest BCUT2D eigenvalue weighted by Crippen LogP contribution is 2.41. The zero-order valence-corrected chi connectivity index (χ0v) is 31.2. The number of rotatable bonds is 5. The predicted octanol–water partition coefficient (Wildman–Crippen LogP) is 12.7. The van der Waals surface area contributed by atoms with Gasteiger partial charge in [-0.3, -0.25) is 14.5 Å². The van der Waals surface area contributed by atoms with E-state index >= 15 is 0 Å². The lowest BCUT2D eigenvalue weighted by atomic mass is 10.0. The molecule has 0 fully saturated rings. The summed E-state index contributed by atoms with van der Waals surface area (Å²) in [5.41, 5.74) is 13.3. The van der Waals surface area contributed by atoms with Crippen LogP contribution < -0.4 is 0 Å². The molecule has 12 aromatic rings. The van der Waals surface area contributed by atoms with Crippen molar-refractivity contribution in [2.24, 2.45) is 0 Å². The minimum absolute atomic E-state index is 0.611. The summed E-state index contributed by atoms with van der Waals surface area (Å²) in [4.78, 5) is 19.9. The van der Waals surface area contributed by atoms with Crippen molar-refractivity contribution in [1.29, 1.82) is 0 Å². The minimum Gasteiger partial charge on any atom is -0.309 e. The summed E-state index contributed by atoms with van der Waals surface area (Å²) in [5.74, 6) is 0.611. The molecule has 0 aliphatic rings. The van der Waals surface area contributed by atoms with E-state index in [1.54, 1.807) is 0 Å². The Bertz CT molecular complexity index is 3430. The van der Waals surface area contributed by atoms with Crippen LogP contribution in [0, 0.1) is 0 Å². The van der Waals surface area contributed by atoms with Gasteiger partial charge in [0.1, 0.15) is 0 Å². The van der Waals surface area contributed by atoms with E-state index in [0.717, 1.165) is 61.4 Å². The van der Waals surface area contributed by atoms with Crippen molar-refractivity contribution in [1.82, 2.24) is 28.9 Å². The minimum atomic E-state index is 0.611.